The molecule has 2 unspecified atom stereocenters. The predicted octanol–water partition coefficient (Wildman–Crippen LogP) is 8.88. The second kappa shape index (κ2) is 25.7. The van der Waals surface area contributed by atoms with Crippen molar-refractivity contribution in [3.05, 3.63) is 131 Å². The number of fused-ring (bicyclic) bond motifs is 2. The lowest BCUT2D eigenvalue weighted by molar-refractivity contribution is -0.248. The number of methoxy groups -OCH3 is 2. The van der Waals surface area contributed by atoms with Crippen molar-refractivity contribution in [3.8, 4) is 16.9 Å². The number of imide groups is 1. The van der Waals surface area contributed by atoms with E-state index in [4.69, 9.17) is 29.0 Å². The number of carboxylic acid groups (broad SMARTS) is 1. The van der Waals surface area contributed by atoms with Crippen molar-refractivity contribution in [2.75, 3.05) is 82.3 Å². The van der Waals surface area contributed by atoms with Gasteiger partial charge in [0.05, 0.1) is 42.3 Å². The van der Waals surface area contributed by atoms with Crippen LogP contribution in [-0.4, -0.2) is 149 Å². The van der Waals surface area contributed by atoms with Gasteiger partial charge in [-0.1, -0.05) is 55.5 Å². The Balaban J connectivity index is 0.699. The number of nitrogens with one attached hydrogen (secondary N) is 3. The van der Waals surface area contributed by atoms with Crippen LogP contribution in [0.25, 0.3) is 27.4 Å². The van der Waals surface area contributed by atoms with E-state index in [-0.39, 0.29) is 72.8 Å². The number of anilines is 3. The Bertz CT molecular complexity index is 3750. The highest BCUT2D eigenvalue weighted by Crippen LogP contribution is 2.72. The summed E-state index contributed by atoms with van der Waals surface area (Å²) in [5, 5.41) is 24.6. The first-order chi connectivity index (χ1) is 42.7. The Morgan fingerprint density at radius 1 is 0.854 bits per heavy atom. The summed E-state index contributed by atoms with van der Waals surface area (Å²) in [4.78, 5) is 103. The zero-order valence-corrected chi connectivity index (χ0v) is 51.5. The van der Waals surface area contributed by atoms with Gasteiger partial charge in [-0.25, -0.2) is 19.6 Å². The zero-order valence-electron chi connectivity index (χ0n) is 50.6. The number of pyridine rings is 1. The lowest BCUT2D eigenvalue weighted by atomic mass is 9.39. The molecule has 4 aliphatic carbocycles. The van der Waals surface area contributed by atoms with E-state index in [2.05, 4.69) is 40.8 Å². The Labute approximate surface area is 519 Å². The van der Waals surface area contributed by atoms with Gasteiger partial charge in [0, 0.05) is 118 Å². The minimum Gasteiger partial charge on any atom is -0.496 e. The van der Waals surface area contributed by atoms with Crippen LogP contribution >= 0.6 is 11.3 Å². The average Bonchev–Trinajstić information content (AvgIpc) is 0.809. The number of amides is 6. The molecule has 6 aliphatic rings. The van der Waals surface area contributed by atoms with E-state index in [9.17, 15) is 38.7 Å². The normalized spacial score (nSPS) is 21.6. The maximum absolute atomic E-state index is 13.9. The maximum atomic E-state index is 13.9. The molecule has 2 aliphatic heterocycles. The van der Waals surface area contributed by atoms with Gasteiger partial charge in [0.25, 0.3) is 17.7 Å². The molecular weight excluding hydrogens is 1160 g/mol. The first-order valence-corrected chi connectivity index (χ1v) is 30.8. The van der Waals surface area contributed by atoms with Crippen LogP contribution in [0.4, 0.5) is 21.4 Å². The van der Waals surface area contributed by atoms with Crippen LogP contribution in [0.5, 0.6) is 5.75 Å². The van der Waals surface area contributed by atoms with Gasteiger partial charge in [-0.05, 0) is 128 Å². The molecule has 22 nitrogen and oxygen atoms in total. The van der Waals surface area contributed by atoms with E-state index in [1.807, 2.05) is 59.0 Å². The molecule has 89 heavy (non-hydrogen) atoms. The van der Waals surface area contributed by atoms with Crippen molar-refractivity contribution >= 4 is 85.9 Å². The Morgan fingerprint density at radius 3 is 2.38 bits per heavy atom. The van der Waals surface area contributed by atoms with Gasteiger partial charge in [-0.2, -0.15) is 5.10 Å². The molecule has 5 heterocycles. The Hall–Kier alpha value is -8.80. The van der Waals surface area contributed by atoms with Crippen molar-refractivity contribution < 1.29 is 57.6 Å². The molecule has 3 aromatic heterocycles. The van der Waals surface area contributed by atoms with Crippen LogP contribution in [0, 0.1) is 29.2 Å². The van der Waals surface area contributed by atoms with Crippen molar-refractivity contribution in [3.63, 3.8) is 0 Å². The van der Waals surface area contributed by atoms with Crippen LogP contribution in [0.3, 0.4) is 0 Å². The SMILES string of the molecule is COCCN(CCOC12CC3(C)CC(C)(CC(Cn4ncc(-c5ccc(N6CCc7c(OC)ccc(C(=O)Nc8nc9ccccc9s8)c7C6)nc5C(=O)O)c4C)(C3)C1)C2)C(=O)OC/C=C/c1cc[c]c(NC(=O)CCNC(=O)CCN2C(=O)C=CC2=O)c1. The third-order valence-electron chi connectivity index (χ3n) is 17.7. The van der Waals surface area contributed by atoms with Crippen LogP contribution in [0.15, 0.2) is 91.2 Å². The number of carboxylic acids is 1. The number of benzene rings is 3. The molecule has 3 aromatic carbocycles. The van der Waals surface area contributed by atoms with Crippen molar-refractivity contribution in [2.24, 2.45) is 16.2 Å². The van der Waals surface area contributed by atoms with Gasteiger partial charge in [0.1, 0.15) is 18.2 Å². The second-order valence-electron chi connectivity index (χ2n) is 24.8. The number of aromatic nitrogens is 4. The fraction of sp³-hybridized carbons (Fsp3) is 0.424. The number of carbonyl (C=O) groups excluding carboxylic acids is 6. The summed E-state index contributed by atoms with van der Waals surface area (Å²) in [5.41, 5.74) is 5.45. The third-order valence-corrected chi connectivity index (χ3v) is 18.7. The first kappa shape index (κ1) is 61.8. The lowest BCUT2D eigenvalue weighted by Gasteiger charge is -2.69. The topological polar surface area (TPSA) is 266 Å². The average molecular weight is 1230 g/mol. The fourth-order valence-corrected chi connectivity index (χ4v) is 15.9. The highest BCUT2D eigenvalue weighted by Gasteiger charge is 2.66. The van der Waals surface area contributed by atoms with Crippen LogP contribution in [0.2, 0.25) is 0 Å². The molecular formula is C66H73N10O12S. The van der Waals surface area contributed by atoms with Gasteiger partial charge < -0.3 is 44.5 Å². The molecule has 23 heteroatoms. The van der Waals surface area contributed by atoms with Crippen molar-refractivity contribution in [2.45, 2.75) is 97.2 Å². The molecule has 465 valence electrons. The van der Waals surface area contributed by atoms with Gasteiger partial charge >= 0.3 is 12.1 Å². The van der Waals surface area contributed by atoms with E-state index >= 15 is 0 Å². The number of thiazole rings is 1. The van der Waals surface area contributed by atoms with E-state index in [1.165, 1.54) is 11.3 Å². The smallest absolute Gasteiger partial charge is 0.410 e. The molecule has 6 amide bonds. The summed E-state index contributed by atoms with van der Waals surface area (Å²) in [6.45, 7) is 9.38. The minimum absolute atomic E-state index is 0.00904. The van der Waals surface area contributed by atoms with Crippen molar-refractivity contribution in [1.82, 2.24) is 34.9 Å². The van der Waals surface area contributed by atoms with E-state index in [0.717, 1.165) is 88.2 Å². The maximum Gasteiger partial charge on any atom is 0.410 e. The monoisotopic (exact) mass is 1230 g/mol. The van der Waals surface area contributed by atoms with Crippen LogP contribution in [-0.2, 0) is 52.9 Å². The fourth-order valence-electron chi connectivity index (χ4n) is 15.1. The van der Waals surface area contributed by atoms with Gasteiger partial charge in [-0.15, -0.1) is 0 Å². The molecule has 4 fully saturated rings. The Kier molecular flexibility index (Phi) is 17.9. The molecule has 6 aromatic rings. The van der Waals surface area contributed by atoms with E-state index in [1.54, 1.807) is 61.7 Å². The summed E-state index contributed by atoms with van der Waals surface area (Å²) >= 11 is 1.40. The molecule has 1 radical (unpaired) electrons. The second-order valence-corrected chi connectivity index (χ2v) is 25.9. The van der Waals surface area contributed by atoms with Crippen molar-refractivity contribution in [1.29, 1.82) is 0 Å². The Morgan fingerprint density at radius 2 is 1.63 bits per heavy atom. The molecule has 4 N–H and O–H groups in total. The zero-order chi connectivity index (χ0) is 62.7. The minimum atomic E-state index is -1.16. The number of para-hydroxylation sites is 1. The van der Waals surface area contributed by atoms with Gasteiger partial charge in [-0.3, -0.25) is 38.9 Å². The quantitative estimate of drug-likeness (QED) is 0.0390. The van der Waals surface area contributed by atoms with Crippen LogP contribution in [0.1, 0.15) is 108 Å². The summed E-state index contributed by atoms with van der Waals surface area (Å²) in [6.07, 6.45) is 13.2. The predicted molar refractivity (Wildman–Crippen MR) is 333 cm³/mol. The van der Waals surface area contributed by atoms with E-state index < -0.39 is 35.4 Å². The largest absolute Gasteiger partial charge is 0.496 e. The van der Waals surface area contributed by atoms with Gasteiger partial charge in [0.2, 0.25) is 11.8 Å². The molecule has 4 saturated carbocycles. The summed E-state index contributed by atoms with van der Waals surface area (Å²) in [6, 6.07) is 23.1. The summed E-state index contributed by atoms with van der Waals surface area (Å²) < 4.78 is 26.9. The number of hydrogen-bond acceptors (Lipinski definition) is 16. The highest BCUT2D eigenvalue weighted by atomic mass is 32.1. The summed E-state index contributed by atoms with van der Waals surface area (Å²) in [7, 11) is 3.19. The number of hydrogen-bond donors (Lipinski definition) is 4. The third kappa shape index (κ3) is 13.8. The van der Waals surface area contributed by atoms with Crippen LogP contribution < -0.4 is 25.6 Å². The standard InChI is InChI=1S/C66H73N10O12S/c1-42-48(46-16-18-53(71-58(46)60(82)83)74-25-22-45-49(34-74)47(15-17-51(45)86-5)59(81)72-61-70-50-13-6-7-14-52(50)89-61)33-68-76(42)41-65-36-63(2)35-64(3,37-65)39-66(38-63,40-65)88-31-28-73(27-30-85-4)62(84)87-29-9-11-43-10-8-12-44(32-43)69-55(78)21-24-67-54(77)23-26-75-56(79)19-20-57(75)80/h6-11,13-20,32-33H,21-31,34-41H2,1-5H3,(H,67,77)(H,69,78)(H,82,83)(H,70,72,81)/b11-9+. The molecule has 0 spiro atoms. The number of aromatic carboxylic acids is 1. The molecule has 2 atom stereocenters. The highest BCUT2D eigenvalue weighted by molar-refractivity contribution is 7.22. The lowest BCUT2D eigenvalue weighted by Crippen LogP contribution is -2.64. The number of nitrogens with zero attached hydrogens (tertiary/aromatic N) is 7. The molecule has 12 rings (SSSR count). The molecule has 4 bridgehead atoms. The first-order valence-electron chi connectivity index (χ1n) is 30.0. The number of rotatable bonds is 25. The van der Waals surface area contributed by atoms with Gasteiger partial charge in [0.15, 0.2) is 10.8 Å². The summed E-state index contributed by atoms with van der Waals surface area (Å²) in [5.74, 6) is -1.97. The molecule has 0 saturated heterocycles. The number of carbonyl (C=O) groups is 7. The number of ether oxygens (including phenoxy) is 4. The van der Waals surface area contributed by atoms with E-state index in [0.29, 0.717) is 84.9 Å².